The van der Waals surface area contributed by atoms with E-state index in [1.807, 2.05) is 0 Å². The van der Waals surface area contributed by atoms with Gasteiger partial charge in [0.25, 0.3) is 0 Å². The molecule has 0 radical (unpaired) electrons. The van der Waals surface area contributed by atoms with E-state index < -0.39 is 195 Å². The summed E-state index contributed by atoms with van der Waals surface area (Å²) in [5, 5.41) is 0. The zero-order chi connectivity index (χ0) is 51.9. The molecule has 1 aromatic heterocycles. The fraction of sp³-hybridized carbons (Fsp3) is 0.300. The van der Waals surface area contributed by atoms with Gasteiger partial charge in [-0.25, -0.2) is 0 Å². The average molecular weight is 1020 g/mol. The second-order valence-corrected chi connectivity index (χ2v) is 14.5. The third-order valence-electron chi connectivity index (χ3n) is 9.78. The molecule has 0 aliphatic carbocycles. The van der Waals surface area contributed by atoms with Crippen LogP contribution in [0.2, 0.25) is 0 Å². The summed E-state index contributed by atoms with van der Waals surface area (Å²) < 4.78 is 342. The second kappa shape index (κ2) is 18.9. The molecule has 4 aromatic carbocycles. The van der Waals surface area contributed by atoms with Crippen LogP contribution >= 0.6 is 0 Å². The Labute approximate surface area is 365 Å². The number of hydrogen-bond donors (Lipinski definition) is 0. The van der Waals surface area contributed by atoms with Crippen LogP contribution in [0.25, 0.3) is 0 Å². The van der Waals surface area contributed by atoms with E-state index in [9.17, 15) is 105 Å². The minimum Gasteiger partial charge on any atom is -0.271 e. The highest BCUT2D eigenvalue weighted by Gasteiger charge is 2.47. The molecule has 3 nitrogen and oxygen atoms in total. The molecular weight excluding hydrogens is 991 g/mol. The van der Waals surface area contributed by atoms with E-state index in [4.69, 9.17) is 4.84 Å². The van der Waals surface area contributed by atoms with Crippen LogP contribution in [0.1, 0.15) is 64.3 Å². The van der Waals surface area contributed by atoms with Gasteiger partial charge in [-0.3, -0.25) is 9.82 Å². The van der Waals surface area contributed by atoms with Crippen LogP contribution in [0.4, 0.5) is 105 Å². The Morgan fingerprint density at radius 2 is 0.574 bits per heavy atom. The van der Waals surface area contributed by atoms with Gasteiger partial charge in [-0.15, -0.1) is 0 Å². The summed E-state index contributed by atoms with van der Waals surface area (Å²) in [7, 11) is 0. The number of unbranched alkanes of at least 4 members (excludes halogenated alkanes) is 1. The maximum absolute atomic E-state index is 14.2. The second-order valence-electron chi connectivity index (χ2n) is 14.5. The van der Waals surface area contributed by atoms with Crippen LogP contribution < -0.4 is 31.4 Å². The van der Waals surface area contributed by atoms with Crippen molar-refractivity contribution in [1.29, 1.82) is 0 Å². The maximum Gasteiger partial charge on any atom is 0.416 e. The number of hydrogen-bond acceptors (Lipinski definition) is 2. The van der Waals surface area contributed by atoms with Crippen molar-refractivity contribution in [2.75, 3.05) is 6.61 Å². The normalized spacial score (nSPS) is 13.5. The van der Waals surface area contributed by atoms with Crippen molar-refractivity contribution in [3.05, 3.63) is 142 Å². The molecular formula is C40H25BF24N2O. The summed E-state index contributed by atoms with van der Waals surface area (Å²) in [5.41, 5.74) is -30.2. The topological polar surface area (TPSA) is 26.0 Å². The van der Waals surface area contributed by atoms with E-state index in [-0.39, 0.29) is 0 Å². The van der Waals surface area contributed by atoms with Crippen molar-refractivity contribution in [2.45, 2.75) is 69.2 Å². The summed E-state index contributed by atoms with van der Waals surface area (Å²) >= 11 is 0. The molecule has 28 heteroatoms. The lowest BCUT2D eigenvalue weighted by atomic mass is 9.12. The number of aromatic nitrogens is 2. The van der Waals surface area contributed by atoms with E-state index >= 15 is 0 Å². The first-order valence-electron chi connectivity index (χ1n) is 18.5. The summed E-state index contributed by atoms with van der Waals surface area (Å²) in [4.78, 5) is 9.20. The summed E-state index contributed by atoms with van der Waals surface area (Å²) in [6, 6.07) is -8.81. The molecule has 0 atom stereocenters. The number of benzene rings is 4. The SMILES string of the molecule is CCCCO[n+]1ccncc1.FC(F)(F)c1cc([B-](c2cc(C(F)(F)F)cc(C(F)(F)F)c2)(c2cc(C(F)(F)F)cc(C(F)(F)F)c2)c2cc(C(F)(F)F)cc(C(F)(F)F)c2)cc(C(F)(F)F)c1. The Kier molecular flexibility index (Phi) is 15.2. The zero-order valence-corrected chi connectivity index (χ0v) is 33.3. The molecule has 0 unspecified atom stereocenters. The predicted molar refractivity (Wildman–Crippen MR) is 191 cm³/mol. The minimum absolute atomic E-state index is 0.691. The van der Waals surface area contributed by atoms with Gasteiger partial charge in [-0.2, -0.15) is 127 Å². The quantitative estimate of drug-likeness (QED) is 0.0670. The van der Waals surface area contributed by atoms with Crippen LogP contribution in [0.5, 0.6) is 0 Å². The summed E-state index contributed by atoms with van der Waals surface area (Å²) in [6.07, 6.45) is -45.6. The van der Waals surface area contributed by atoms with Crippen molar-refractivity contribution >= 4 is 28.0 Å². The van der Waals surface area contributed by atoms with Crippen molar-refractivity contribution < 1.29 is 115 Å². The highest BCUT2D eigenvalue weighted by Crippen LogP contribution is 2.41. The molecule has 5 rings (SSSR count). The van der Waals surface area contributed by atoms with Gasteiger partial charge in [0, 0.05) is 4.73 Å². The standard InChI is InChI=1S/C32H12BF24.C8H13N2O/c34-25(35,36)13-1-14(26(37,38)39)6-21(5-13)33(22-7-15(27(40,41)42)2-16(8-22)28(43,44)45,23-9-17(29(46,47)48)3-18(10-23)30(49,50)51)24-11-19(31(52,53)54)4-20(12-24)32(55,56)57;1-2-3-8-11-10-6-4-9-5-7-10/h1-12H;4-7H,2-3,8H2,1H3/q-1;+1. The number of nitrogens with zero attached hydrogens (tertiary/aromatic N) is 2. The lowest BCUT2D eigenvalue weighted by Gasteiger charge is -2.46. The van der Waals surface area contributed by atoms with Gasteiger partial charge in [0.2, 0.25) is 12.4 Å². The molecule has 0 bridgehead atoms. The van der Waals surface area contributed by atoms with Crippen molar-refractivity contribution in [3.8, 4) is 0 Å². The zero-order valence-electron chi connectivity index (χ0n) is 33.3. The van der Waals surface area contributed by atoms with Gasteiger partial charge in [-0.05, 0) is 30.7 Å². The molecule has 0 amide bonds. The van der Waals surface area contributed by atoms with Gasteiger partial charge in [-0.1, -0.05) is 61.9 Å². The molecule has 68 heavy (non-hydrogen) atoms. The van der Waals surface area contributed by atoms with Crippen LogP contribution in [0.15, 0.2) is 97.6 Å². The molecule has 0 N–H and O–H groups in total. The third kappa shape index (κ3) is 13.0. The van der Waals surface area contributed by atoms with E-state index in [1.165, 1.54) is 0 Å². The van der Waals surface area contributed by atoms with Gasteiger partial charge in [0.1, 0.15) is 6.15 Å². The van der Waals surface area contributed by atoms with Gasteiger partial charge in [0.15, 0.2) is 6.61 Å². The van der Waals surface area contributed by atoms with Gasteiger partial charge < -0.3 is 0 Å². The first-order valence-corrected chi connectivity index (χ1v) is 18.5. The Bertz CT molecular complexity index is 2100. The van der Waals surface area contributed by atoms with Gasteiger partial charge in [0.05, 0.1) is 56.9 Å². The fourth-order valence-electron chi connectivity index (χ4n) is 6.78. The first kappa shape index (κ1) is 54.7. The molecule has 0 spiro atoms. The fourth-order valence-corrected chi connectivity index (χ4v) is 6.78. The highest BCUT2D eigenvalue weighted by molar-refractivity contribution is 7.20. The average Bonchev–Trinajstić information content (AvgIpc) is 3.19. The molecule has 0 saturated carbocycles. The Balaban J connectivity index is 0.000000802. The van der Waals surface area contributed by atoms with Crippen molar-refractivity contribution in [3.63, 3.8) is 0 Å². The Hall–Kier alpha value is -5.86. The molecule has 0 fully saturated rings. The van der Waals surface area contributed by atoms with E-state index in [0.29, 0.717) is 0 Å². The number of rotatable bonds is 8. The van der Waals surface area contributed by atoms with Crippen LogP contribution in [-0.4, -0.2) is 17.7 Å². The molecule has 0 saturated heterocycles. The van der Waals surface area contributed by atoms with Crippen LogP contribution in [0.3, 0.4) is 0 Å². The number of alkyl halides is 24. The lowest BCUT2D eigenvalue weighted by Crippen LogP contribution is -2.75. The predicted octanol–water partition coefficient (Wildman–Crippen LogP) is 11.8. The van der Waals surface area contributed by atoms with Crippen LogP contribution in [0, 0.1) is 0 Å². The van der Waals surface area contributed by atoms with Gasteiger partial charge >= 0.3 is 49.4 Å². The minimum atomic E-state index is -6.13. The maximum atomic E-state index is 14.2. The summed E-state index contributed by atoms with van der Waals surface area (Å²) in [5.74, 6) is 0. The molecule has 372 valence electrons. The first-order chi connectivity index (χ1) is 30.7. The Morgan fingerprint density at radius 1 is 0.368 bits per heavy atom. The molecule has 0 aliphatic heterocycles. The smallest absolute Gasteiger partial charge is 0.271 e. The largest absolute Gasteiger partial charge is 0.416 e. The Morgan fingerprint density at radius 3 is 0.750 bits per heavy atom. The lowest BCUT2D eigenvalue weighted by molar-refractivity contribution is -0.891. The van der Waals surface area contributed by atoms with Crippen LogP contribution in [-0.2, 0) is 49.4 Å². The van der Waals surface area contributed by atoms with Crippen molar-refractivity contribution in [1.82, 2.24) is 4.98 Å². The number of halogens is 24. The monoisotopic (exact) mass is 1020 g/mol. The highest BCUT2D eigenvalue weighted by atomic mass is 19.4. The third-order valence-corrected chi connectivity index (χ3v) is 9.78. The summed E-state index contributed by atoms with van der Waals surface area (Å²) in [6.45, 7) is 2.91. The van der Waals surface area contributed by atoms with E-state index in [1.54, 1.807) is 29.5 Å². The van der Waals surface area contributed by atoms with E-state index in [2.05, 4.69) is 11.9 Å². The van der Waals surface area contributed by atoms with E-state index in [0.717, 1.165) is 19.4 Å². The molecule has 0 aliphatic rings. The molecule has 5 aromatic rings. The van der Waals surface area contributed by atoms with Crippen molar-refractivity contribution in [2.24, 2.45) is 0 Å². The molecule has 1 heterocycles.